The van der Waals surface area contributed by atoms with Crippen molar-refractivity contribution in [3.8, 4) is 0 Å². The first-order valence-electron chi connectivity index (χ1n) is 10.4. The highest BCUT2D eigenvalue weighted by atomic mass is 16.1. The Labute approximate surface area is 167 Å². The number of piperazine rings is 1. The molecule has 1 amide bonds. The van der Waals surface area contributed by atoms with E-state index in [0.717, 1.165) is 39.0 Å². The number of carbonyl (C=O) groups is 1. The molecule has 1 aromatic carbocycles. The van der Waals surface area contributed by atoms with Crippen LogP contribution in [0.15, 0.2) is 36.7 Å². The molecule has 2 aliphatic rings. The van der Waals surface area contributed by atoms with Crippen LogP contribution in [0.1, 0.15) is 48.0 Å². The van der Waals surface area contributed by atoms with Crippen LogP contribution in [0, 0.1) is 6.92 Å². The number of nitrogens with zero attached hydrogens (tertiary/aromatic N) is 4. The quantitative estimate of drug-likeness (QED) is 0.884. The van der Waals surface area contributed by atoms with Crippen LogP contribution in [-0.2, 0) is 0 Å². The van der Waals surface area contributed by atoms with Crippen LogP contribution < -0.4 is 15.1 Å². The number of hydrogen-bond acceptors (Lipinski definition) is 5. The van der Waals surface area contributed by atoms with Gasteiger partial charge in [-0.25, -0.2) is 9.97 Å². The van der Waals surface area contributed by atoms with Crippen molar-refractivity contribution in [3.05, 3.63) is 47.8 Å². The van der Waals surface area contributed by atoms with E-state index < -0.39 is 0 Å². The van der Waals surface area contributed by atoms with Gasteiger partial charge in [0.05, 0.1) is 5.56 Å². The first-order chi connectivity index (χ1) is 13.7. The van der Waals surface area contributed by atoms with E-state index in [1.54, 1.807) is 12.4 Å². The van der Waals surface area contributed by atoms with Gasteiger partial charge in [0.2, 0.25) is 5.95 Å². The average Bonchev–Trinajstić information content (AvgIpc) is 2.75. The van der Waals surface area contributed by atoms with Gasteiger partial charge in [0, 0.05) is 50.3 Å². The lowest BCUT2D eigenvalue weighted by Crippen LogP contribution is -2.47. The Morgan fingerprint density at radius 2 is 1.68 bits per heavy atom. The van der Waals surface area contributed by atoms with E-state index in [1.807, 2.05) is 0 Å². The number of benzene rings is 1. The van der Waals surface area contributed by atoms with Crippen LogP contribution >= 0.6 is 0 Å². The molecule has 1 saturated heterocycles. The molecule has 1 N–H and O–H groups in total. The van der Waals surface area contributed by atoms with E-state index in [9.17, 15) is 4.79 Å². The monoisotopic (exact) mass is 379 g/mol. The van der Waals surface area contributed by atoms with Crippen molar-refractivity contribution in [3.63, 3.8) is 0 Å². The number of aryl methyl sites for hydroxylation is 1. The lowest BCUT2D eigenvalue weighted by molar-refractivity contribution is 0.0927. The summed E-state index contributed by atoms with van der Waals surface area (Å²) in [6.45, 7) is 5.76. The summed E-state index contributed by atoms with van der Waals surface area (Å²) in [5, 5.41) is 3.12. The number of hydrogen-bond donors (Lipinski definition) is 1. The normalized spacial score (nSPS) is 18.2. The zero-order valence-electron chi connectivity index (χ0n) is 16.6. The average molecular weight is 380 g/mol. The van der Waals surface area contributed by atoms with Gasteiger partial charge in [0.25, 0.3) is 5.91 Å². The largest absolute Gasteiger partial charge is 0.368 e. The Morgan fingerprint density at radius 3 is 2.36 bits per heavy atom. The molecule has 28 heavy (non-hydrogen) atoms. The fourth-order valence-electron chi connectivity index (χ4n) is 4.11. The lowest BCUT2D eigenvalue weighted by Gasteiger charge is -2.36. The molecular weight excluding hydrogens is 350 g/mol. The topological polar surface area (TPSA) is 61.4 Å². The first-order valence-corrected chi connectivity index (χ1v) is 10.4. The zero-order chi connectivity index (χ0) is 19.3. The molecule has 2 heterocycles. The second-order valence-corrected chi connectivity index (χ2v) is 7.89. The van der Waals surface area contributed by atoms with Gasteiger partial charge in [-0.15, -0.1) is 0 Å². The molecule has 1 saturated carbocycles. The van der Waals surface area contributed by atoms with Crippen LogP contribution in [0.4, 0.5) is 11.6 Å². The number of nitrogens with one attached hydrogen (secondary N) is 1. The highest BCUT2D eigenvalue weighted by Gasteiger charge is 2.21. The third-order valence-electron chi connectivity index (χ3n) is 5.77. The summed E-state index contributed by atoms with van der Waals surface area (Å²) in [6.07, 6.45) is 9.16. The van der Waals surface area contributed by atoms with Crippen LogP contribution in [0.5, 0.6) is 0 Å². The van der Waals surface area contributed by atoms with E-state index in [2.05, 4.69) is 56.3 Å². The third kappa shape index (κ3) is 4.43. The molecule has 1 aliphatic heterocycles. The maximum absolute atomic E-state index is 12.4. The summed E-state index contributed by atoms with van der Waals surface area (Å²) in [5.41, 5.74) is 3.10. The molecule has 0 radical (unpaired) electrons. The summed E-state index contributed by atoms with van der Waals surface area (Å²) in [4.78, 5) is 25.9. The minimum Gasteiger partial charge on any atom is -0.368 e. The number of carbonyl (C=O) groups excluding carboxylic acids is 1. The van der Waals surface area contributed by atoms with E-state index in [1.165, 1.54) is 30.5 Å². The van der Waals surface area contributed by atoms with Crippen molar-refractivity contribution in [2.45, 2.75) is 45.1 Å². The van der Waals surface area contributed by atoms with Crippen molar-refractivity contribution in [2.24, 2.45) is 0 Å². The molecule has 1 aromatic heterocycles. The fraction of sp³-hybridized carbons (Fsp3) is 0.500. The van der Waals surface area contributed by atoms with Crippen molar-refractivity contribution in [2.75, 3.05) is 36.0 Å². The predicted molar refractivity (Wildman–Crippen MR) is 112 cm³/mol. The standard InChI is InChI=1S/C22H29N5O/c1-17-6-5-9-20(14-17)26-10-12-27(13-11-26)22-23-15-18(16-24-22)21(28)25-19-7-3-2-4-8-19/h5-6,9,14-16,19H,2-4,7-8,10-13H2,1H3,(H,25,28). The number of aromatic nitrogens is 2. The smallest absolute Gasteiger partial charge is 0.254 e. The Hall–Kier alpha value is -2.63. The Bertz CT molecular complexity index is 793. The molecule has 4 rings (SSSR count). The van der Waals surface area contributed by atoms with Gasteiger partial charge < -0.3 is 15.1 Å². The summed E-state index contributed by atoms with van der Waals surface area (Å²) in [6, 6.07) is 8.93. The van der Waals surface area contributed by atoms with Gasteiger partial charge in [-0.1, -0.05) is 31.4 Å². The Balaban J connectivity index is 1.32. The zero-order valence-corrected chi connectivity index (χ0v) is 16.6. The second-order valence-electron chi connectivity index (χ2n) is 7.89. The maximum Gasteiger partial charge on any atom is 0.254 e. The van der Waals surface area contributed by atoms with Crippen molar-refractivity contribution >= 4 is 17.5 Å². The molecule has 148 valence electrons. The van der Waals surface area contributed by atoms with Crippen molar-refractivity contribution in [1.82, 2.24) is 15.3 Å². The van der Waals surface area contributed by atoms with Gasteiger partial charge in [-0.2, -0.15) is 0 Å². The molecule has 2 aromatic rings. The molecule has 6 heteroatoms. The molecule has 0 unspecified atom stereocenters. The van der Waals surface area contributed by atoms with Crippen LogP contribution in [0.2, 0.25) is 0 Å². The van der Waals surface area contributed by atoms with Crippen molar-refractivity contribution in [1.29, 1.82) is 0 Å². The number of rotatable bonds is 4. The minimum absolute atomic E-state index is 0.0530. The van der Waals surface area contributed by atoms with E-state index in [-0.39, 0.29) is 5.91 Å². The van der Waals surface area contributed by atoms with Gasteiger partial charge in [-0.05, 0) is 37.5 Å². The molecule has 0 atom stereocenters. The van der Waals surface area contributed by atoms with E-state index >= 15 is 0 Å². The molecule has 0 bridgehead atoms. The number of anilines is 2. The Kier molecular flexibility index (Phi) is 5.74. The van der Waals surface area contributed by atoms with Crippen molar-refractivity contribution < 1.29 is 4.79 Å². The third-order valence-corrected chi connectivity index (χ3v) is 5.77. The molecule has 2 fully saturated rings. The summed E-state index contributed by atoms with van der Waals surface area (Å²) >= 11 is 0. The van der Waals surface area contributed by atoms with Gasteiger partial charge in [-0.3, -0.25) is 4.79 Å². The van der Waals surface area contributed by atoms with Gasteiger partial charge in [0.15, 0.2) is 0 Å². The van der Waals surface area contributed by atoms with Crippen LogP contribution in [0.25, 0.3) is 0 Å². The maximum atomic E-state index is 12.4. The van der Waals surface area contributed by atoms with E-state index in [0.29, 0.717) is 17.6 Å². The first kappa shape index (κ1) is 18.7. The summed E-state index contributed by atoms with van der Waals surface area (Å²) in [5.74, 6) is 0.654. The predicted octanol–water partition coefficient (Wildman–Crippen LogP) is 3.17. The van der Waals surface area contributed by atoms with E-state index in [4.69, 9.17) is 0 Å². The highest BCUT2D eigenvalue weighted by molar-refractivity contribution is 5.93. The van der Waals surface area contributed by atoms with Gasteiger partial charge >= 0.3 is 0 Å². The summed E-state index contributed by atoms with van der Waals surface area (Å²) in [7, 11) is 0. The molecule has 1 aliphatic carbocycles. The Morgan fingerprint density at radius 1 is 1.00 bits per heavy atom. The SMILES string of the molecule is Cc1cccc(N2CCN(c3ncc(C(=O)NC4CCCCC4)cn3)CC2)c1. The fourth-order valence-corrected chi connectivity index (χ4v) is 4.11. The van der Waals surface area contributed by atoms with Gasteiger partial charge in [0.1, 0.15) is 0 Å². The number of amides is 1. The second kappa shape index (κ2) is 8.59. The van der Waals surface area contributed by atoms with Crippen LogP contribution in [0.3, 0.4) is 0 Å². The summed E-state index contributed by atoms with van der Waals surface area (Å²) < 4.78 is 0. The molecular formula is C22H29N5O. The molecule has 0 spiro atoms. The lowest BCUT2D eigenvalue weighted by atomic mass is 9.95. The van der Waals surface area contributed by atoms with Crippen LogP contribution in [-0.4, -0.2) is 48.1 Å². The molecule has 6 nitrogen and oxygen atoms in total. The minimum atomic E-state index is -0.0530. The highest BCUT2D eigenvalue weighted by Crippen LogP contribution is 2.20.